The van der Waals surface area contributed by atoms with Gasteiger partial charge in [-0.2, -0.15) is 0 Å². The lowest BCUT2D eigenvalue weighted by Gasteiger charge is -2.09. The minimum atomic E-state index is -0.746. The molecular formula is C13H15ClN2O5. The highest BCUT2D eigenvalue weighted by Crippen LogP contribution is 2.24. The van der Waals surface area contributed by atoms with E-state index in [0.29, 0.717) is 5.56 Å². The Bertz CT molecular complexity index is 572. The van der Waals surface area contributed by atoms with E-state index >= 15 is 0 Å². The number of ether oxygens (including phenoxy) is 1. The smallest absolute Gasteiger partial charge is 0.356 e. The molecule has 0 aliphatic carbocycles. The lowest BCUT2D eigenvalue weighted by molar-refractivity contribution is -0.385. The summed E-state index contributed by atoms with van der Waals surface area (Å²) in [6, 6.07) is 4.26. The third-order valence-electron chi connectivity index (χ3n) is 2.57. The van der Waals surface area contributed by atoms with Crippen LogP contribution in [0.15, 0.2) is 23.4 Å². The number of hydrogen-bond acceptors (Lipinski definition) is 6. The number of nitro groups is 1. The number of halogens is 1. The molecule has 1 rings (SSSR count). The van der Waals surface area contributed by atoms with Gasteiger partial charge in [-0.05, 0) is 26.3 Å². The first kappa shape index (κ1) is 16.9. The number of rotatable bonds is 6. The molecule has 1 N–H and O–H groups in total. The third-order valence-corrected chi connectivity index (χ3v) is 2.81. The first-order chi connectivity index (χ1) is 9.85. The molecule has 0 aliphatic rings. The molecule has 0 saturated heterocycles. The first-order valence-electron chi connectivity index (χ1n) is 6.20. The second-order valence-electron chi connectivity index (χ2n) is 4.53. The van der Waals surface area contributed by atoms with Crippen molar-refractivity contribution < 1.29 is 19.7 Å². The van der Waals surface area contributed by atoms with E-state index in [0.717, 1.165) is 0 Å². The van der Waals surface area contributed by atoms with Gasteiger partial charge in [-0.15, -0.1) is 0 Å². The number of oxime groups is 1. The Balaban J connectivity index is 2.83. The van der Waals surface area contributed by atoms with Crippen molar-refractivity contribution in [2.75, 3.05) is 0 Å². The zero-order valence-corrected chi connectivity index (χ0v) is 12.3. The topological polar surface area (TPSA) is 102 Å². The van der Waals surface area contributed by atoms with E-state index in [-0.39, 0.29) is 35.4 Å². The number of aryl methyl sites for hydroxylation is 1. The van der Waals surface area contributed by atoms with Gasteiger partial charge in [-0.3, -0.25) is 10.1 Å². The molecular weight excluding hydrogens is 300 g/mol. The van der Waals surface area contributed by atoms with Crippen molar-refractivity contribution in [2.24, 2.45) is 5.16 Å². The normalized spacial score (nSPS) is 11.5. The summed E-state index contributed by atoms with van der Waals surface area (Å²) >= 11 is 5.72. The van der Waals surface area contributed by atoms with Gasteiger partial charge in [0.05, 0.1) is 11.0 Å². The number of carbonyl (C=O) groups is 1. The summed E-state index contributed by atoms with van der Waals surface area (Å²) in [6.45, 7) is 3.33. The molecule has 0 atom stereocenters. The van der Waals surface area contributed by atoms with Crippen LogP contribution in [0.5, 0.6) is 0 Å². The Labute approximate surface area is 126 Å². The molecule has 0 bridgehead atoms. The van der Waals surface area contributed by atoms with Crippen molar-refractivity contribution in [3.63, 3.8) is 0 Å². The van der Waals surface area contributed by atoms with Gasteiger partial charge < -0.3 is 9.94 Å². The lowest BCUT2D eigenvalue weighted by Crippen LogP contribution is -2.22. The molecule has 0 aliphatic heterocycles. The second-order valence-corrected chi connectivity index (χ2v) is 4.97. The first-order valence-corrected chi connectivity index (χ1v) is 6.57. The second kappa shape index (κ2) is 7.58. The zero-order chi connectivity index (χ0) is 16.0. The van der Waals surface area contributed by atoms with E-state index < -0.39 is 10.9 Å². The van der Waals surface area contributed by atoms with E-state index in [1.54, 1.807) is 13.8 Å². The molecule has 8 heteroatoms. The standard InChI is InChI=1S/C13H15ClN2O5/c1-8(2)21-13(17)11(15-18)6-4-9-3-5-10(14)7-12(9)16(19)20/h3,5,7-8,18H,4,6H2,1-2H3/b15-11-. The van der Waals surface area contributed by atoms with Gasteiger partial charge in [-0.25, -0.2) is 4.79 Å². The summed E-state index contributed by atoms with van der Waals surface area (Å²) in [6.07, 6.45) is -0.177. The molecule has 114 valence electrons. The van der Waals surface area contributed by atoms with E-state index in [1.165, 1.54) is 18.2 Å². The molecule has 0 aromatic heterocycles. The SMILES string of the molecule is CC(C)OC(=O)/C(CCc1ccc(Cl)cc1[N+](=O)[O-])=N\O. The van der Waals surface area contributed by atoms with Crippen LogP contribution < -0.4 is 0 Å². The van der Waals surface area contributed by atoms with Crippen molar-refractivity contribution in [1.82, 2.24) is 0 Å². The number of esters is 1. The number of nitro benzene ring substituents is 1. The Morgan fingerprint density at radius 3 is 2.71 bits per heavy atom. The largest absolute Gasteiger partial charge is 0.458 e. The summed E-state index contributed by atoms with van der Waals surface area (Å²) in [7, 11) is 0. The van der Waals surface area contributed by atoms with Crippen LogP contribution in [-0.2, 0) is 16.0 Å². The average Bonchev–Trinajstić information content (AvgIpc) is 2.39. The maximum Gasteiger partial charge on any atom is 0.356 e. The van der Waals surface area contributed by atoms with Gasteiger partial charge in [0.25, 0.3) is 5.69 Å². The van der Waals surface area contributed by atoms with Gasteiger partial charge >= 0.3 is 5.97 Å². The van der Waals surface area contributed by atoms with E-state index in [4.69, 9.17) is 21.5 Å². The van der Waals surface area contributed by atoms with Crippen LogP contribution in [0.4, 0.5) is 5.69 Å². The summed E-state index contributed by atoms with van der Waals surface area (Å²) in [5.41, 5.74) is 0.0628. The van der Waals surface area contributed by atoms with Crippen LogP contribution in [0, 0.1) is 10.1 Å². The Morgan fingerprint density at radius 1 is 1.52 bits per heavy atom. The van der Waals surface area contributed by atoms with Crippen molar-refractivity contribution in [2.45, 2.75) is 32.8 Å². The summed E-state index contributed by atoms with van der Waals surface area (Å²) in [4.78, 5) is 22.0. The van der Waals surface area contributed by atoms with E-state index in [2.05, 4.69) is 5.16 Å². The van der Waals surface area contributed by atoms with Crippen molar-refractivity contribution in [3.8, 4) is 0 Å². The highest BCUT2D eigenvalue weighted by molar-refractivity contribution is 6.36. The monoisotopic (exact) mass is 314 g/mol. The van der Waals surface area contributed by atoms with Crippen molar-refractivity contribution in [3.05, 3.63) is 38.9 Å². The molecule has 1 aromatic rings. The number of nitrogens with zero attached hydrogens (tertiary/aromatic N) is 2. The van der Waals surface area contributed by atoms with Gasteiger partial charge in [0.15, 0.2) is 5.71 Å². The van der Waals surface area contributed by atoms with Gasteiger partial charge in [0.1, 0.15) is 0 Å². The fraction of sp³-hybridized carbons (Fsp3) is 0.385. The number of benzene rings is 1. The minimum absolute atomic E-state index is 0.0184. The lowest BCUT2D eigenvalue weighted by atomic mass is 10.1. The number of hydrogen-bond donors (Lipinski definition) is 1. The molecule has 0 fully saturated rings. The van der Waals surface area contributed by atoms with Crippen LogP contribution >= 0.6 is 11.6 Å². The molecule has 7 nitrogen and oxygen atoms in total. The Kier molecular flexibility index (Phi) is 6.10. The fourth-order valence-corrected chi connectivity index (χ4v) is 1.81. The van der Waals surface area contributed by atoms with Crippen molar-refractivity contribution >= 4 is 29.0 Å². The summed E-state index contributed by atoms with van der Waals surface area (Å²) < 4.78 is 4.90. The average molecular weight is 315 g/mol. The minimum Gasteiger partial charge on any atom is -0.458 e. The van der Waals surface area contributed by atoms with Crippen LogP contribution in [0.3, 0.4) is 0 Å². The number of carbonyl (C=O) groups excluding carboxylic acids is 1. The van der Waals surface area contributed by atoms with Gasteiger partial charge in [0.2, 0.25) is 0 Å². The van der Waals surface area contributed by atoms with Crippen LogP contribution in [0.1, 0.15) is 25.8 Å². The maximum absolute atomic E-state index is 11.6. The van der Waals surface area contributed by atoms with Crippen LogP contribution in [-0.4, -0.2) is 27.9 Å². The third kappa shape index (κ3) is 5.03. The molecule has 0 spiro atoms. The van der Waals surface area contributed by atoms with E-state index in [9.17, 15) is 14.9 Å². The zero-order valence-electron chi connectivity index (χ0n) is 11.6. The quantitative estimate of drug-likeness (QED) is 0.286. The predicted octanol–water partition coefficient (Wildman–Crippen LogP) is 2.96. The van der Waals surface area contributed by atoms with Crippen molar-refractivity contribution in [1.29, 1.82) is 0 Å². The van der Waals surface area contributed by atoms with E-state index in [1.807, 2.05) is 0 Å². The molecule has 0 heterocycles. The molecule has 1 aromatic carbocycles. The van der Waals surface area contributed by atoms with Gasteiger partial charge in [-0.1, -0.05) is 22.8 Å². The Morgan fingerprint density at radius 2 is 2.19 bits per heavy atom. The molecule has 21 heavy (non-hydrogen) atoms. The van der Waals surface area contributed by atoms with Crippen LogP contribution in [0.25, 0.3) is 0 Å². The highest BCUT2D eigenvalue weighted by Gasteiger charge is 2.19. The predicted molar refractivity (Wildman–Crippen MR) is 76.9 cm³/mol. The van der Waals surface area contributed by atoms with Gasteiger partial charge in [0, 0.05) is 23.1 Å². The molecule has 0 unspecified atom stereocenters. The molecule has 0 saturated carbocycles. The molecule has 0 amide bonds. The summed E-state index contributed by atoms with van der Waals surface area (Å²) in [5, 5.41) is 22.9. The Hall–Kier alpha value is -2.15. The maximum atomic E-state index is 11.6. The van der Waals surface area contributed by atoms with Crippen LogP contribution in [0.2, 0.25) is 5.02 Å². The highest BCUT2D eigenvalue weighted by atomic mass is 35.5. The summed E-state index contributed by atoms with van der Waals surface area (Å²) in [5.74, 6) is -0.746. The molecule has 0 radical (unpaired) electrons. The fourth-order valence-electron chi connectivity index (χ4n) is 1.65.